The summed E-state index contributed by atoms with van der Waals surface area (Å²) in [5.41, 5.74) is 2.41. The molecular weight excluding hydrogens is 222 g/mol. The molecule has 0 saturated heterocycles. The summed E-state index contributed by atoms with van der Waals surface area (Å²) >= 11 is 0. The Labute approximate surface area is 108 Å². The maximum absolute atomic E-state index is 10.6. The van der Waals surface area contributed by atoms with E-state index in [0.29, 0.717) is 0 Å². The van der Waals surface area contributed by atoms with Crippen LogP contribution in [0.4, 0.5) is 0 Å². The molecule has 18 heavy (non-hydrogen) atoms. The highest BCUT2D eigenvalue weighted by Gasteiger charge is 2.10. The Morgan fingerprint density at radius 3 is 2.17 bits per heavy atom. The Kier molecular flexibility index (Phi) is 4.53. The number of hydrogen-bond donors (Lipinski definition) is 1. The summed E-state index contributed by atoms with van der Waals surface area (Å²) in [5.74, 6) is 0. The summed E-state index contributed by atoms with van der Waals surface area (Å²) < 4.78 is 0. The first-order valence-corrected chi connectivity index (χ1v) is 6.11. The van der Waals surface area contributed by atoms with Crippen molar-refractivity contribution < 1.29 is 4.79 Å². The molecule has 0 spiro atoms. The summed E-state index contributed by atoms with van der Waals surface area (Å²) in [4.78, 5) is 10.6. The molecule has 0 aliphatic heterocycles. The number of benzene rings is 2. The molecule has 1 amide bonds. The second-order valence-corrected chi connectivity index (χ2v) is 4.23. The minimum absolute atomic E-state index is 0.0314. The van der Waals surface area contributed by atoms with Crippen molar-refractivity contribution in [1.82, 2.24) is 5.32 Å². The molecule has 0 bridgehead atoms. The fraction of sp³-hybridized carbons (Fsp3) is 0.188. The van der Waals surface area contributed by atoms with Crippen LogP contribution in [0.15, 0.2) is 60.7 Å². The minimum atomic E-state index is 0.0314. The van der Waals surface area contributed by atoms with Crippen LogP contribution in [0.5, 0.6) is 0 Å². The normalized spacial score (nSPS) is 11.8. The van der Waals surface area contributed by atoms with Crippen molar-refractivity contribution in [2.75, 3.05) is 0 Å². The van der Waals surface area contributed by atoms with Gasteiger partial charge in [0.15, 0.2) is 0 Å². The third-order valence-corrected chi connectivity index (χ3v) is 3.00. The standard InChI is InChI=1S/C16H16NO/c18-13-17-16(15-9-5-2-6-10-15)12-11-14-7-3-1-4-8-14/h1-10,16H,11-12H2,(H,17,18). The van der Waals surface area contributed by atoms with Crippen LogP contribution < -0.4 is 5.32 Å². The van der Waals surface area contributed by atoms with Gasteiger partial charge in [-0.1, -0.05) is 60.7 Å². The Bertz CT molecular complexity index is 467. The maximum Gasteiger partial charge on any atom is 0.309 e. The van der Waals surface area contributed by atoms with E-state index in [2.05, 4.69) is 17.4 Å². The van der Waals surface area contributed by atoms with E-state index in [9.17, 15) is 4.79 Å². The second kappa shape index (κ2) is 6.60. The van der Waals surface area contributed by atoms with Crippen LogP contribution in [-0.2, 0) is 11.2 Å². The lowest BCUT2D eigenvalue weighted by molar-refractivity contribution is 0.510. The second-order valence-electron chi connectivity index (χ2n) is 4.23. The molecule has 0 aromatic heterocycles. The molecule has 2 nitrogen and oxygen atoms in total. The molecule has 2 aromatic rings. The van der Waals surface area contributed by atoms with E-state index < -0.39 is 0 Å². The van der Waals surface area contributed by atoms with Crippen molar-refractivity contribution in [1.29, 1.82) is 0 Å². The highest BCUT2D eigenvalue weighted by atomic mass is 16.1. The van der Waals surface area contributed by atoms with Gasteiger partial charge in [0.05, 0.1) is 6.04 Å². The van der Waals surface area contributed by atoms with Crippen LogP contribution in [0.3, 0.4) is 0 Å². The first kappa shape index (κ1) is 12.4. The predicted molar refractivity (Wildman–Crippen MR) is 72.8 cm³/mol. The highest BCUT2D eigenvalue weighted by molar-refractivity contribution is 5.48. The fourth-order valence-corrected chi connectivity index (χ4v) is 2.03. The van der Waals surface area contributed by atoms with Gasteiger partial charge >= 0.3 is 6.41 Å². The number of carbonyl (C=O) groups excluding carboxylic acids is 1. The van der Waals surface area contributed by atoms with Gasteiger partial charge in [0.25, 0.3) is 0 Å². The van der Waals surface area contributed by atoms with Crippen LogP contribution in [0, 0.1) is 0 Å². The monoisotopic (exact) mass is 238 g/mol. The van der Waals surface area contributed by atoms with Gasteiger partial charge in [-0.05, 0) is 24.0 Å². The van der Waals surface area contributed by atoms with Crippen LogP contribution in [0.1, 0.15) is 23.6 Å². The van der Waals surface area contributed by atoms with Crippen molar-refractivity contribution in [2.24, 2.45) is 0 Å². The number of nitrogens with one attached hydrogen (secondary N) is 1. The van der Waals surface area contributed by atoms with E-state index >= 15 is 0 Å². The van der Waals surface area contributed by atoms with Gasteiger partial charge in [-0.3, -0.25) is 4.79 Å². The zero-order chi connectivity index (χ0) is 12.6. The summed E-state index contributed by atoms with van der Waals surface area (Å²) in [6, 6.07) is 20.3. The third-order valence-electron chi connectivity index (χ3n) is 3.00. The molecule has 0 aliphatic carbocycles. The van der Waals surface area contributed by atoms with Gasteiger partial charge in [0.1, 0.15) is 0 Å². The minimum Gasteiger partial charge on any atom is -0.341 e. The van der Waals surface area contributed by atoms with Gasteiger partial charge < -0.3 is 5.32 Å². The van der Waals surface area contributed by atoms with Gasteiger partial charge in [0, 0.05) is 0 Å². The molecule has 0 fully saturated rings. The number of aryl methyl sites for hydroxylation is 1. The SMILES string of the molecule is O=[C]NC(CCc1ccccc1)c1ccccc1. The van der Waals surface area contributed by atoms with Gasteiger partial charge in [-0.15, -0.1) is 0 Å². The fourth-order valence-electron chi connectivity index (χ4n) is 2.03. The first-order valence-electron chi connectivity index (χ1n) is 6.11. The molecule has 1 radical (unpaired) electrons. The lowest BCUT2D eigenvalue weighted by Gasteiger charge is -2.15. The first-order chi connectivity index (χ1) is 8.90. The topological polar surface area (TPSA) is 29.1 Å². The zero-order valence-electron chi connectivity index (χ0n) is 10.2. The van der Waals surface area contributed by atoms with E-state index in [-0.39, 0.29) is 6.04 Å². The molecule has 0 aliphatic rings. The molecule has 1 unspecified atom stereocenters. The van der Waals surface area contributed by atoms with Crippen molar-refractivity contribution >= 4 is 6.41 Å². The molecule has 1 N–H and O–H groups in total. The number of hydrogen-bond acceptors (Lipinski definition) is 1. The largest absolute Gasteiger partial charge is 0.341 e. The van der Waals surface area contributed by atoms with Gasteiger partial charge in [-0.25, -0.2) is 0 Å². The summed E-state index contributed by atoms with van der Waals surface area (Å²) in [5, 5.41) is 2.76. The van der Waals surface area contributed by atoms with Crippen LogP contribution in [0.25, 0.3) is 0 Å². The van der Waals surface area contributed by atoms with E-state index in [1.54, 1.807) is 6.41 Å². The third kappa shape index (κ3) is 3.45. The molecule has 0 heterocycles. The number of rotatable bonds is 6. The van der Waals surface area contributed by atoms with Crippen molar-refractivity contribution in [3.05, 3.63) is 71.8 Å². The Morgan fingerprint density at radius 2 is 1.56 bits per heavy atom. The Balaban J connectivity index is 2.01. The summed E-state index contributed by atoms with van der Waals surface area (Å²) in [7, 11) is 0. The summed E-state index contributed by atoms with van der Waals surface area (Å²) in [6.45, 7) is 0. The molecule has 2 heteroatoms. The lowest BCUT2D eigenvalue weighted by atomic mass is 9.99. The van der Waals surface area contributed by atoms with Crippen molar-refractivity contribution in [3.63, 3.8) is 0 Å². The molecule has 2 aromatic carbocycles. The van der Waals surface area contributed by atoms with Crippen LogP contribution in [0.2, 0.25) is 0 Å². The molecule has 2 rings (SSSR count). The highest BCUT2D eigenvalue weighted by Crippen LogP contribution is 2.18. The van der Waals surface area contributed by atoms with E-state index in [1.165, 1.54) is 5.56 Å². The van der Waals surface area contributed by atoms with Crippen LogP contribution >= 0.6 is 0 Å². The van der Waals surface area contributed by atoms with Crippen molar-refractivity contribution in [3.8, 4) is 0 Å². The van der Waals surface area contributed by atoms with Gasteiger partial charge in [-0.2, -0.15) is 0 Å². The Hall–Kier alpha value is -2.09. The Morgan fingerprint density at radius 1 is 0.944 bits per heavy atom. The number of amides is 1. The molecule has 1 atom stereocenters. The van der Waals surface area contributed by atoms with E-state index in [0.717, 1.165) is 18.4 Å². The molecular formula is C16H16NO. The average molecular weight is 238 g/mol. The van der Waals surface area contributed by atoms with Gasteiger partial charge in [0.2, 0.25) is 0 Å². The van der Waals surface area contributed by atoms with E-state index in [1.807, 2.05) is 48.5 Å². The predicted octanol–water partition coefficient (Wildman–Crippen LogP) is 3.02. The van der Waals surface area contributed by atoms with Crippen LogP contribution in [-0.4, -0.2) is 6.41 Å². The maximum atomic E-state index is 10.6. The van der Waals surface area contributed by atoms with Crippen molar-refractivity contribution in [2.45, 2.75) is 18.9 Å². The smallest absolute Gasteiger partial charge is 0.309 e. The average Bonchev–Trinajstić information content (AvgIpc) is 2.45. The zero-order valence-corrected chi connectivity index (χ0v) is 10.2. The lowest BCUT2D eigenvalue weighted by Crippen LogP contribution is -2.20. The quantitative estimate of drug-likeness (QED) is 0.770. The molecule has 91 valence electrons. The molecule has 0 saturated carbocycles. The summed E-state index contributed by atoms with van der Waals surface area (Å²) in [6.07, 6.45) is 3.62. The van der Waals surface area contributed by atoms with E-state index in [4.69, 9.17) is 0 Å².